The van der Waals surface area contributed by atoms with Gasteiger partial charge in [0.2, 0.25) is 6.79 Å². The molecule has 4 N–H and O–H groups in total. The summed E-state index contributed by atoms with van der Waals surface area (Å²) < 4.78 is 15.3. The highest BCUT2D eigenvalue weighted by atomic mass is 35.5. The summed E-state index contributed by atoms with van der Waals surface area (Å²) in [7, 11) is 0. The minimum Gasteiger partial charge on any atom is -0.480 e. The number of hydrogen-bond acceptors (Lipinski definition) is 9. The predicted molar refractivity (Wildman–Crippen MR) is 102 cm³/mol. The number of thioether (sulfide) groups is 1. The van der Waals surface area contributed by atoms with Gasteiger partial charge in [-0.05, 0) is 13.0 Å². The lowest BCUT2D eigenvalue weighted by Crippen LogP contribution is -2.42. The third-order valence-corrected chi connectivity index (χ3v) is 4.78. The summed E-state index contributed by atoms with van der Waals surface area (Å²) in [5.74, 6) is -0.0637. The first-order valence-electron chi connectivity index (χ1n) is 7.88. The number of aliphatic carboxylic acids is 1. The lowest BCUT2D eigenvalue weighted by atomic mass is 10.1. The molecule has 11 nitrogen and oxygen atoms in total. The Labute approximate surface area is 170 Å². The molecule has 0 radical (unpaired) electrons. The molecule has 0 aliphatic carbocycles. The molecule has 1 aliphatic rings. The lowest BCUT2D eigenvalue weighted by Gasteiger charge is -2.13. The maximum Gasteiger partial charge on any atom is 0.407 e. The Morgan fingerprint density at radius 2 is 2.07 bits per heavy atom. The lowest BCUT2D eigenvalue weighted by molar-refractivity contribution is -0.385. The highest BCUT2D eigenvalue weighted by molar-refractivity contribution is 7.99. The van der Waals surface area contributed by atoms with Crippen molar-refractivity contribution in [3.63, 3.8) is 0 Å². The number of benzene rings is 1. The van der Waals surface area contributed by atoms with Crippen molar-refractivity contribution in [2.24, 2.45) is 5.73 Å². The summed E-state index contributed by atoms with van der Waals surface area (Å²) in [4.78, 5) is 32.8. The zero-order valence-electron chi connectivity index (χ0n) is 14.8. The largest absolute Gasteiger partial charge is 0.480 e. The molecule has 1 aromatic carbocycles. The summed E-state index contributed by atoms with van der Waals surface area (Å²) in [6.45, 7) is 1.61. The van der Waals surface area contributed by atoms with Gasteiger partial charge in [-0.2, -0.15) is 11.8 Å². The van der Waals surface area contributed by atoms with Crippen molar-refractivity contribution < 1.29 is 33.8 Å². The van der Waals surface area contributed by atoms with E-state index in [1.165, 1.54) is 17.8 Å². The van der Waals surface area contributed by atoms with Crippen LogP contribution in [0.3, 0.4) is 0 Å². The summed E-state index contributed by atoms with van der Waals surface area (Å²) in [6, 6.07) is 1.71. The van der Waals surface area contributed by atoms with Crippen LogP contribution in [0.1, 0.15) is 17.7 Å². The monoisotopic (exact) mass is 437 g/mol. The van der Waals surface area contributed by atoms with Gasteiger partial charge in [0.15, 0.2) is 11.5 Å². The Morgan fingerprint density at radius 3 is 2.68 bits per heavy atom. The number of alkyl carbamates (subject to hydrolysis) is 1. The highest BCUT2D eigenvalue weighted by Gasteiger charge is 2.26. The van der Waals surface area contributed by atoms with Gasteiger partial charge in [-0.1, -0.05) is 0 Å². The average Bonchev–Trinajstić information content (AvgIpc) is 3.09. The zero-order valence-corrected chi connectivity index (χ0v) is 16.4. The minimum atomic E-state index is -1.23. The number of carboxylic acids is 1. The Balaban J connectivity index is 0.00000392. The molecule has 0 saturated carbocycles. The number of fused-ring (bicyclic) bond motifs is 1. The number of rotatable bonds is 9. The molecule has 2 atom stereocenters. The molecule has 1 aliphatic heterocycles. The number of nitro benzene ring substituents is 1. The zero-order chi connectivity index (χ0) is 20.0. The first-order chi connectivity index (χ1) is 12.8. The number of halogens is 1. The SMILES string of the molecule is CC(SCCOC(=O)NC[C@H](N)C(=O)O)c1cc2c(cc1[N+](=O)[O-])OCO2.Cl. The molecule has 0 aromatic heterocycles. The van der Waals surface area contributed by atoms with Crippen LogP contribution in [0, 0.1) is 10.1 Å². The Morgan fingerprint density at radius 1 is 1.43 bits per heavy atom. The summed E-state index contributed by atoms with van der Waals surface area (Å²) in [5.41, 5.74) is 5.66. The number of nitrogens with two attached hydrogens (primary N) is 1. The average molecular weight is 438 g/mol. The molecule has 156 valence electrons. The highest BCUT2D eigenvalue weighted by Crippen LogP contribution is 2.43. The number of nitrogens with one attached hydrogen (secondary N) is 1. The van der Waals surface area contributed by atoms with Gasteiger partial charge in [-0.25, -0.2) is 4.79 Å². The molecular formula is C15H20ClN3O8S. The molecular weight excluding hydrogens is 418 g/mol. The van der Waals surface area contributed by atoms with Crippen LogP contribution in [0.5, 0.6) is 11.5 Å². The van der Waals surface area contributed by atoms with E-state index in [1.54, 1.807) is 13.0 Å². The smallest absolute Gasteiger partial charge is 0.407 e. The Hall–Kier alpha value is -2.44. The third kappa shape index (κ3) is 6.32. The molecule has 1 unspecified atom stereocenters. The predicted octanol–water partition coefficient (Wildman–Crippen LogP) is 1.68. The van der Waals surface area contributed by atoms with E-state index in [1.807, 2.05) is 0 Å². The molecule has 0 bridgehead atoms. The number of amides is 1. The molecule has 0 fully saturated rings. The van der Waals surface area contributed by atoms with E-state index >= 15 is 0 Å². The topological polar surface area (TPSA) is 163 Å². The molecule has 1 amide bonds. The molecule has 13 heteroatoms. The first kappa shape index (κ1) is 23.6. The van der Waals surface area contributed by atoms with Crippen molar-refractivity contribution in [3.8, 4) is 11.5 Å². The third-order valence-electron chi connectivity index (χ3n) is 3.62. The fourth-order valence-corrected chi connectivity index (χ4v) is 3.11. The summed E-state index contributed by atoms with van der Waals surface area (Å²) in [5, 5.41) is 21.9. The normalized spacial score (nSPS) is 13.8. The van der Waals surface area contributed by atoms with Gasteiger partial charge in [0.1, 0.15) is 12.6 Å². The second kappa shape index (κ2) is 10.8. The van der Waals surface area contributed by atoms with Crippen molar-refractivity contribution >= 4 is 41.9 Å². The van der Waals surface area contributed by atoms with Crippen LogP contribution >= 0.6 is 24.2 Å². The van der Waals surface area contributed by atoms with Gasteiger partial charge in [0.05, 0.1) is 11.0 Å². The van der Waals surface area contributed by atoms with Crippen molar-refractivity contribution in [3.05, 3.63) is 27.8 Å². The maximum absolute atomic E-state index is 11.4. The fourth-order valence-electron chi connectivity index (χ4n) is 2.21. The van der Waals surface area contributed by atoms with E-state index in [9.17, 15) is 19.7 Å². The molecule has 28 heavy (non-hydrogen) atoms. The van der Waals surface area contributed by atoms with E-state index in [2.05, 4.69) is 5.32 Å². The van der Waals surface area contributed by atoms with Crippen molar-refractivity contribution in [2.75, 3.05) is 25.7 Å². The fraction of sp³-hybridized carbons (Fsp3) is 0.467. The molecule has 1 aromatic rings. The number of carbonyl (C=O) groups excluding carboxylic acids is 1. The number of carboxylic acid groups (broad SMARTS) is 1. The van der Waals surface area contributed by atoms with E-state index < -0.39 is 23.0 Å². The Bertz CT molecular complexity index is 735. The van der Waals surface area contributed by atoms with E-state index in [0.717, 1.165) is 0 Å². The molecule has 1 heterocycles. The van der Waals surface area contributed by atoms with E-state index in [4.69, 9.17) is 25.1 Å². The van der Waals surface area contributed by atoms with Gasteiger partial charge in [0, 0.05) is 23.1 Å². The van der Waals surface area contributed by atoms with Crippen LogP contribution in [0.4, 0.5) is 10.5 Å². The number of ether oxygens (including phenoxy) is 3. The maximum atomic E-state index is 11.4. The second-order valence-corrected chi connectivity index (χ2v) is 6.94. The van der Waals surface area contributed by atoms with Crippen LogP contribution < -0.4 is 20.5 Å². The van der Waals surface area contributed by atoms with Gasteiger partial charge in [-0.15, -0.1) is 12.4 Å². The van der Waals surface area contributed by atoms with E-state index in [-0.39, 0.29) is 43.3 Å². The van der Waals surface area contributed by atoms with Crippen LogP contribution in [0.2, 0.25) is 0 Å². The van der Waals surface area contributed by atoms with Crippen molar-refractivity contribution in [1.29, 1.82) is 0 Å². The second-order valence-electron chi connectivity index (χ2n) is 5.50. The number of carbonyl (C=O) groups is 2. The molecule has 0 spiro atoms. The van der Waals surface area contributed by atoms with Crippen molar-refractivity contribution in [1.82, 2.24) is 5.32 Å². The Kier molecular flexibility index (Phi) is 9.09. The van der Waals surface area contributed by atoms with Gasteiger partial charge < -0.3 is 30.4 Å². The van der Waals surface area contributed by atoms with Crippen molar-refractivity contribution in [2.45, 2.75) is 18.2 Å². The van der Waals surface area contributed by atoms with Gasteiger partial charge in [0.25, 0.3) is 5.69 Å². The number of hydrogen-bond donors (Lipinski definition) is 3. The quantitative estimate of drug-likeness (QED) is 0.294. The first-order valence-corrected chi connectivity index (χ1v) is 8.93. The molecule has 2 rings (SSSR count). The van der Waals surface area contributed by atoms with Crippen LogP contribution in [-0.4, -0.2) is 53.8 Å². The van der Waals surface area contributed by atoms with Crippen LogP contribution in [-0.2, 0) is 9.53 Å². The standard InChI is InChI=1S/C15H19N3O8S.ClH/c1-8(27-3-2-24-15(21)17-6-10(16)14(19)20)9-4-12-13(26-7-25-12)5-11(9)18(22)23;/h4-5,8,10H,2-3,6-7,16H2,1H3,(H,17,21)(H,19,20);1H/t8?,10-;/m0./s1. The van der Waals surface area contributed by atoms with E-state index in [0.29, 0.717) is 22.8 Å². The van der Waals surface area contributed by atoms with Crippen LogP contribution in [0.25, 0.3) is 0 Å². The minimum absolute atomic E-state index is 0. The number of nitro groups is 1. The van der Waals surface area contributed by atoms with Gasteiger partial charge in [-0.3, -0.25) is 14.9 Å². The molecule has 0 saturated heterocycles. The summed E-state index contributed by atoms with van der Waals surface area (Å²) in [6.07, 6.45) is -0.783. The summed E-state index contributed by atoms with van der Waals surface area (Å²) >= 11 is 1.35. The number of nitrogens with zero attached hydrogens (tertiary/aromatic N) is 1. The van der Waals surface area contributed by atoms with Crippen LogP contribution in [0.15, 0.2) is 12.1 Å². The van der Waals surface area contributed by atoms with Gasteiger partial charge >= 0.3 is 12.1 Å².